The van der Waals surface area contributed by atoms with Gasteiger partial charge < -0.3 is 4.74 Å². The third-order valence-electron chi connectivity index (χ3n) is 4.49. The Labute approximate surface area is 215 Å². The molecule has 0 saturated carbocycles. The van der Waals surface area contributed by atoms with Crippen LogP contribution in [0.4, 0.5) is 10.1 Å². The van der Waals surface area contributed by atoms with Gasteiger partial charge in [0, 0.05) is 5.02 Å². The molecule has 3 aromatic rings. The predicted molar refractivity (Wildman–Crippen MR) is 140 cm³/mol. The molecule has 0 N–H and O–H groups in total. The summed E-state index contributed by atoms with van der Waals surface area (Å²) in [6, 6.07) is 16.8. The number of benzene rings is 3. The number of rotatable bonds is 5. The molecule has 1 amide bonds. The minimum atomic E-state index is -0.290. The number of ether oxygens (including phenoxy) is 1. The first-order valence-electron chi connectivity index (χ1n) is 9.21. The van der Waals surface area contributed by atoms with Crippen molar-refractivity contribution in [2.75, 3.05) is 4.90 Å². The van der Waals surface area contributed by atoms with Crippen molar-refractivity contribution in [1.82, 2.24) is 0 Å². The normalized spacial score (nSPS) is 15.0. The van der Waals surface area contributed by atoms with Crippen LogP contribution in [0.25, 0.3) is 6.08 Å². The van der Waals surface area contributed by atoms with E-state index in [1.807, 2.05) is 12.1 Å². The van der Waals surface area contributed by atoms with E-state index in [4.69, 9.17) is 28.6 Å². The van der Waals surface area contributed by atoms with E-state index < -0.39 is 0 Å². The topological polar surface area (TPSA) is 29.5 Å². The lowest BCUT2D eigenvalue weighted by atomic mass is 10.2. The molecule has 0 aromatic heterocycles. The number of carbonyl (C=O) groups excluding carboxylic acids is 1. The number of halogens is 4. The number of hydrogen-bond acceptors (Lipinski definition) is 4. The van der Waals surface area contributed by atoms with Crippen LogP contribution in [0, 0.1) is 5.82 Å². The van der Waals surface area contributed by atoms with Gasteiger partial charge in [0.2, 0.25) is 0 Å². The van der Waals surface area contributed by atoms with Gasteiger partial charge in [-0.1, -0.05) is 47.7 Å². The van der Waals surface area contributed by atoms with Crippen molar-refractivity contribution in [3.8, 4) is 5.75 Å². The summed E-state index contributed by atoms with van der Waals surface area (Å²) in [7, 11) is 0. The van der Waals surface area contributed by atoms with E-state index in [1.165, 1.54) is 28.8 Å². The van der Waals surface area contributed by atoms with Crippen molar-refractivity contribution in [3.63, 3.8) is 0 Å². The minimum absolute atomic E-state index is 0.189. The number of anilines is 1. The molecule has 162 valence electrons. The number of amides is 1. The largest absolute Gasteiger partial charge is 0.487 e. The van der Waals surface area contributed by atoms with Crippen molar-refractivity contribution in [3.05, 3.63) is 96.5 Å². The zero-order valence-electron chi connectivity index (χ0n) is 16.2. The van der Waals surface area contributed by atoms with Gasteiger partial charge >= 0.3 is 0 Å². The summed E-state index contributed by atoms with van der Waals surface area (Å²) in [5.41, 5.74) is 2.32. The van der Waals surface area contributed by atoms with Crippen LogP contribution < -0.4 is 9.64 Å². The summed E-state index contributed by atoms with van der Waals surface area (Å²) in [6.45, 7) is 0.288. The lowest BCUT2D eigenvalue weighted by molar-refractivity contribution is -0.113. The van der Waals surface area contributed by atoms with Crippen LogP contribution in [0.15, 0.2) is 74.5 Å². The Morgan fingerprint density at radius 1 is 1.06 bits per heavy atom. The van der Waals surface area contributed by atoms with Crippen molar-refractivity contribution in [1.29, 1.82) is 0 Å². The van der Waals surface area contributed by atoms with Gasteiger partial charge in [-0.05, 0) is 97.6 Å². The summed E-state index contributed by atoms with van der Waals surface area (Å²) < 4.78 is 20.9. The number of nitrogens with zero attached hydrogens (tertiary/aromatic N) is 1. The van der Waals surface area contributed by atoms with E-state index in [0.29, 0.717) is 34.6 Å². The molecule has 0 spiro atoms. The standard InChI is InChI=1S/C23H13Br2ClFNO2S2/c24-18-9-14(10-19(25)21(18)30-12-13-1-5-16(27)6-2-13)11-20-22(29)28(23(31)32-20)17-7-3-15(26)4-8-17/h1-11H,12H2/b20-11-. The Balaban J connectivity index is 1.54. The Morgan fingerprint density at radius 3 is 2.31 bits per heavy atom. The lowest BCUT2D eigenvalue weighted by Crippen LogP contribution is -2.27. The molecule has 0 bridgehead atoms. The van der Waals surface area contributed by atoms with Crippen LogP contribution in [0.3, 0.4) is 0 Å². The molecule has 0 unspecified atom stereocenters. The van der Waals surface area contributed by atoms with Gasteiger partial charge in [0.05, 0.1) is 19.5 Å². The fourth-order valence-corrected chi connectivity index (χ4v) is 5.84. The highest BCUT2D eigenvalue weighted by molar-refractivity contribution is 9.11. The summed E-state index contributed by atoms with van der Waals surface area (Å²) in [5, 5.41) is 0.589. The molecule has 0 aliphatic carbocycles. The van der Waals surface area contributed by atoms with Crippen LogP contribution in [0.1, 0.15) is 11.1 Å². The summed E-state index contributed by atoms with van der Waals surface area (Å²) in [4.78, 5) is 15.0. The molecule has 9 heteroatoms. The molecule has 0 radical (unpaired) electrons. The zero-order chi connectivity index (χ0) is 22.8. The maximum atomic E-state index is 13.1. The minimum Gasteiger partial charge on any atom is -0.487 e. The Morgan fingerprint density at radius 2 is 1.69 bits per heavy atom. The maximum Gasteiger partial charge on any atom is 0.270 e. The molecule has 1 saturated heterocycles. The van der Waals surface area contributed by atoms with E-state index in [0.717, 1.165) is 11.1 Å². The van der Waals surface area contributed by atoms with E-state index in [9.17, 15) is 9.18 Å². The molecule has 1 fully saturated rings. The van der Waals surface area contributed by atoms with Gasteiger partial charge in [-0.25, -0.2) is 4.39 Å². The zero-order valence-corrected chi connectivity index (χ0v) is 21.7. The second kappa shape index (κ2) is 10.1. The van der Waals surface area contributed by atoms with Gasteiger partial charge in [-0.2, -0.15) is 0 Å². The molecule has 4 rings (SSSR count). The summed E-state index contributed by atoms with van der Waals surface area (Å²) >= 11 is 19.7. The van der Waals surface area contributed by atoms with Crippen LogP contribution in [-0.2, 0) is 11.4 Å². The molecule has 3 nitrogen and oxygen atoms in total. The molecule has 1 aliphatic heterocycles. The van der Waals surface area contributed by atoms with Gasteiger partial charge in [0.15, 0.2) is 4.32 Å². The first kappa shape index (κ1) is 23.4. The van der Waals surface area contributed by atoms with Gasteiger partial charge in [0.1, 0.15) is 18.2 Å². The lowest BCUT2D eigenvalue weighted by Gasteiger charge is -2.14. The average molecular weight is 614 g/mol. The molecule has 1 aliphatic rings. The van der Waals surface area contributed by atoms with Crippen LogP contribution in [0.5, 0.6) is 5.75 Å². The van der Waals surface area contributed by atoms with E-state index in [-0.39, 0.29) is 18.3 Å². The maximum absolute atomic E-state index is 13.1. The first-order chi connectivity index (χ1) is 15.3. The predicted octanol–water partition coefficient (Wildman–Crippen LogP) is 7.99. The number of hydrogen-bond donors (Lipinski definition) is 0. The fourth-order valence-electron chi connectivity index (χ4n) is 2.97. The second-order valence-electron chi connectivity index (χ2n) is 6.72. The van der Waals surface area contributed by atoms with Crippen LogP contribution in [0.2, 0.25) is 5.02 Å². The molecule has 0 atom stereocenters. The number of thiocarbonyl (C=S) groups is 1. The van der Waals surface area contributed by atoms with Gasteiger partial charge in [-0.15, -0.1) is 0 Å². The van der Waals surface area contributed by atoms with E-state index >= 15 is 0 Å². The molecular weight excluding hydrogens is 601 g/mol. The van der Waals surface area contributed by atoms with Crippen LogP contribution in [-0.4, -0.2) is 10.2 Å². The third-order valence-corrected chi connectivity index (χ3v) is 7.23. The monoisotopic (exact) mass is 611 g/mol. The van der Waals surface area contributed by atoms with E-state index in [2.05, 4.69) is 31.9 Å². The van der Waals surface area contributed by atoms with Crippen molar-refractivity contribution in [2.45, 2.75) is 6.61 Å². The highest BCUT2D eigenvalue weighted by atomic mass is 79.9. The molecule has 3 aromatic carbocycles. The van der Waals surface area contributed by atoms with Crippen LogP contribution >= 0.6 is 67.4 Å². The first-order valence-corrected chi connectivity index (χ1v) is 12.4. The molecular formula is C23H13Br2ClFNO2S2. The van der Waals surface area contributed by atoms with Crippen molar-refractivity contribution < 1.29 is 13.9 Å². The second-order valence-corrected chi connectivity index (χ2v) is 10.5. The quantitative estimate of drug-likeness (QED) is 0.216. The number of carbonyl (C=O) groups is 1. The van der Waals surface area contributed by atoms with E-state index in [1.54, 1.807) is 42.5 Å². The molecule has 1 heterocycles. The smallest absolute Gasteiger partial charge is 0.270 e. The summed E-state index contributed by atoms with van der Waals surface area (Å²) in [6.07, 6.45) is 1.79. The highest BCUT2D eigenvalue weighted by Gasteiger charge is 2.33. The Bertz CT molecular complexity index is 1210. The van der Waals surface area contributed by atoms with Gasteiger partial charge in [-0.3, -0.25) is 9.69 Å². The summed E-state index contributed by atoms with van der Waals surface area (Å²) in [5.74, 6) is 0.133. The highest BCUT2D eigenvalue weighted by Crippen LogP contribution is 2.39. The Hall–Kier alpha value is -1.71. The number of thioether (sulfide) groups is 1. The van der Waals surface area contributed by atoms with Crippen molar-refractivity contribution >= 4 is 89.4 Å². The Kier molecular flexibility index (Phi) is 7.37. The average Bonchev–Trinajstić information content (AvgIpc) is 3.02. The third kappa shape index (κ3) is 5.26. The molecule has 32 heavy (non-hydrogen) atoms. The van der Waals surface area contributed by atoms with Crippen molar-refractivity contribution in [2.24, 2.45) is 0 Å². The fraction of sp³-hybridized carbons (Fsp3) is 0.0435. The SMILES string of the molecule is O=C1/C(=C/c2cc(Br)c(OCc3ccc(F)cc3)c(Br)c2)SC(=S)N1c1ccc(Cl)cc1. The van der Waals surface area contributed by atoms with Gasteiger partial charge in [0.25, 0.3) is 5.91 Å².